The lowest BCUT2D eigenvalue weighted by Gasteiger charge is -2.07. The van der Waals surface area contributed by atoms with Crippen LogP contribution in [0.15, 0.2) is 29.4 Å². The molecule has 0 aliphatic carbocycles. The maximum Gasteiger partial charge on any atom is 0.234 e. The van der Waals surface area contributed by atoms with Crippen LogP contribution in [-0.4, -0.2) is 45.5 Å². The molecule has 1 aromatic carbocycles. The van der Waals surface area contributed by atoms with Gasteiger partial charge < -0.3 is 10.6 Å². The fourth-order valence-corrected chi connectivity index (χ4v) is 2.42. The SMILES string of the molecule is CNCCn1nnnc1SCC(=O)Nc1ccccc1Cl. The maximum absolute atomic E-state index is 11.9. The molecular weight excluding hydrogens is 312 g/mol. The summed E-state index contributed by atoms with van der Waals surface area (Å²) in [5.41, 5.74) is 0.597. The number of rotatable bonds is 7. The Labute approximate surface area is 131 Å². The molecule has 0 aliphatic heterocycles. The van der Waals surface area contributed by atoms with Crippen LogP contribution >= 0.6 is 23.4 Å². The average Bonchev–Trinajstić information content (AvgIpc) is 2.93. The zero-order valence-corrected chi connectivity index (χ0v) is 13.0. The first-order valence-electron chi connectivity index (χ1n) is 6.28. The first-order chi connectivity index (χ1) is 10.2. The van der Waals surface area contributed by atoms with Crippen molar-refractivity contribution in [2.24, 2.45) is 0 Å². The van der Waals surface area contributed by atoms with Crippen LogP contribution in [0.3, 0.4) is 0 Å². The largest absolute Gasteiger partial charge is 0.324 e. The third-order valence-electron chi connectivity index (χ3n) is 2.55. The van der Waals surface area contributed by atoms with Crippen LogP contribution in [0.2, 0.25) is 5.02 Å². The van der Waals surface area contributed by atoms with Gasteiger partial charge in [-0.15, -0.1) is 5.10 Å². The minimum Gasteiger partial charge on any atom is -0.324 e. The van der Waals surface area contributed by atoms with E-state index < -0.39 is 0 Å². The van der Waals surface area contributed by atoms with Gasteiger partial charge in [-0.3, -0.25) is 4.79 Å². The Balaban J connectivity index is 1.87. The number of nitrogens with one attached hydrogen (secondary N) is 2. The lowest BCUT2D eigenvalue weighted by atomic mass is 10.3. The van der Waals surface area contributed by atoms with Crippen molar-refractivity contribution < 1.29 is 4.79 Å². The highest BCUT2D eigenvalue weighted by atomic mass is 35.5. The summed E-state index contributed by atoms with van der Waals surface area (Å²) < 4.78 is 1.66. The van der Waals surface area contributed by atoms with Gasteiger partial charge in [-0.2, -0.15) is 0 Å². The van der Waals surface area contributed by atoms with Crippen molar-refractivity contribution >= 4 is 35.0 Å². The number of tetrazole rings is 1. The third kappa shape index (κ3) is 4.69. The molecule has 0 atom stereocenters. The van der Waals surface area contributed by atoms with Gasteiger partial charge in [0.25, 0.3) is 0 Å². The number of benzene rings is 1. The molecular formula is C12H15ClN6OS. The molecule has 112 valence electrons. The van der Waals surface area contributed by atoms with E-state index in [-0.39, 0.29) is 11.7 Å². The summed E-state index contributed by atoms with van der Waals surface area (Å²) in [6.07, 6.45) is 0. The van der Waals surface area contributed by atoms with Crippen LogP contribution in [0.4, 0.5) is 5.69 Å². The predicted molar refractivity (Wildman–Crippen MR) is 82.5 cm³/mol. The van der Waals surface area contributed by atoms with E-state index in [1.165, 1.54) is 11.8 Å². The lowest BCUT2D eigenvalue weighted by molar-refractivity contribution is -0.113. The number of anilines is 1. The molecule has 0 fully saturated rings. The zero-order valence-electron chi connectivity index (χ0n) is 11.4. The van der Waals surface area contributed by atoms with Crippen LogP contribution in [0.25, 0.3) is 0 Å². The highest BCUT2D eigenvalue weighted by Crippen LogP contribution is 2.21. The number of aromatic nitrogens is 4. The fraction of sp³-hybridized carbons (Fsp3) is 0.333. The molecule has 9 heteroatoms. The average molecular weight is 327 g/mol. The molecule has 0 unspecified atom stereocenters. The second kappa shape index (κ2) is 7.96. The molecule has 0 bridgehead atoms. The van der Waals surface area contributed by atoms with Crippen molar-refractivity contribution in [3.05, 3.63) is 29.3 Å². The Morgan fingerprint density at radius 2 is 2.24 bits per heavy atom. The first-order valence-corrected chi connectivity index (χ1v) is 7.65. The lowest BCUT2D eigenvalue weighted by Crippen LogP contribution is -2.18. The van der Waals surface area contributed by atoms with E-state index in [0.717, 1.165) is 6.54 Å². The minimum atomic E-state index is -0.156. The smallest absolute Gasteiger partial charge is 0.234 e. The number of amides is 1. The van der Waals surface area contributed by atoms with Crippen molar-refractivity contribution in [3.63, 3.8) is 0 Å². The summed E-state index contributed by atoms with van der Waals surface area (Å²) in [5, 5.41) is 18.3. The van der Waals surface area contributed by atoms with Gasteiger partial charge >= 0.3 is 0 Å². The van der Waals surface area contributed by atoms with Crippen LogP contribution in [0.5, 0.6) is 0 Å². The van der Waals surface area contributed by atoms with Crippen molar-refractivity contribution in [2.75, 3.05) is 24.7 Å². The van der Waals surface area contributed by atoms with E-state index in [0.29, 0.717) is 22.4 Å². The van der Waals surface area contributed by atoms with Gasteiger partial charge in [0, 0.05) is 6.54 Å². The highest BCUT2D eigenvalue weighted by molar-refractivity contribution is 7.99. The molecule has 0 saturated heterocycles. The number of hydrogen-bond donors (Lipinski definition) is 2. The Kier molecular flexibility index (Phi) is 5.97. The van der Waals surface area contributed by atoms with Crippen LogP contribution < -0.4 is 10.6 Å². The number of carbonyl (C=O) groups is 1. The number of thioether (sulfide) groups is 1. The van der Waals surface area contributed by atoms with Gasteiger partial charge in [0.15, 0.2) is 0 Å². The van der Waals surface area contributed by atoms with Gasteiger partial charge in [0.2, 0.25) is 11.1 Å². The third-order valence-corrected chi connectivity index (χ3v) is 3.84. The van der Waals surface area contributed by atoms with Crippen molar-refractivity contribution in [2.45, 2.75) is 11.7 Å². The van der Waals surface area contributed by atoms with Crippen molar-refractivity contribution in [1.82, 2.24) is 25.5 Å². The molecule has 2 rings (SSSR count). The molecule has 21 heavy (non-hydrogen) atoms. The molecule has 7 nitrogen and oxygen atoms in total. The summed E-state index contributed by atoms with van der Waals surface area (Å²) in [5.74, 6) is 0.0572. The maximum atomic E-state index is 11.9. The Hall–Kier alpha value is -1.64. The summed E-state index contributed by atoms with van der Waals surface area (Å²) >= 11 is 7.27. The summed E-state index contributed by atoms with van der Waals surface area (Å²) in [6.45, 7) is 1.41. The standard InChI is InChI=1S/C12H15ClN6OS/c1-14-6-7-19-12(16-17-18-19)21-8-11(20)15-10-5-3-2-4-9(10)13/h2-5,14H,6-8H2,1H3,(H,15,20). The van der Waals surface area contributed by atoms with E-state index in [2.05, 4.69) is 26.2 Å². The number of halogens is 1. The van der Waals surface area contributed by atoms with Gasteiger partial charge in [0.1, 0.15) is 0 Å². The topological polar surface area (TPSA) is 84.7 Å². The van der Waals surface area contributed by atoms with E-state index in [9.17, 15) is 4.79 Å². The van der Waals surface area contributed by atoms with Gasteiger partial charge in [-0.05, 0) is 29.6 Å². The Bertz CT molecular complexity index is 605. The summed E-state index contributed by atoms with van der Waals surface area (Å²) in [4.78, 5) is 11.9. The number of para-hydroxylation sites is 1. The Morgan fingerprint density at radius 1 is 1.43 bits per heavy atom. The first kappa shape index (κ1) is 15.7. The monoisotopic (exact) mass is 326 g/mol. The minimum absolute atomic E-state index is 0.156. The molecule has 1 heterocycles. The van der Waals surface area contributed by atoms with Crippen LogP contribution in [0, 0.1) is 0 Å². The molecule has 0 radical (unpaired) electrons. The van der Waals surface area contributed by atoms with Gasteiger partial charge in [0.05, 0.1) is 23.0 Å². The Morgan fingerprint density at radius 3 is 3.00 bits per heavy atom. The quantitative estimate of drug-likeness (QED) is 0.746. The number of hydrogen-bond acceptors (Lipinski definition) is 6. The molecule has 2 aromatic rings. The molecule has 0 aliphatic rings. The predicted octanol–water partition coefficient (Wildman–Crippen LogP) is 1.28. The number of carbonyl (C=O) groups excluding carboxylic acids is 1. The van der Waals surface area contributed by atoms with Crippen molar-refractivity contribution in [3.8, 4) is 0 Å². The normalized spacial score (nSPS) is 10.6. The molecule has 2 N–H and O–H groups in total. The van der Waals surface area contributed by atoms with Gasteiger partial charge in [-0.1, -0.05) is 35.5 Å². The molecule has 0 spiro atoms. The van der Waals surface area contributed by atoms with E-state index >= 15 is 0 Å². The summed E-state index contributed by atoms with van der Waals surface area (Å²) in [6, 6.07) is 7.10. The molecule has 0 saturated carbocycles. The van der Waals surface area contributed by atoms with Crippen LogP contribution in [0.1, 0.15) is 0 Å². The number of nitrogens with zero attached hydrogens (tertiary/aromatic N) is 4. The van der Waals surface area contributed by atoms with Crippen molar-refractivity contribution in [1.29, 1.82) is 0 Å². The molecule has 1 aromatic heterocycles. The second-order valence-electron chi connectivity index (χ2n) is 4.10. The summed E-state index contributed by atoms with van der Waals surface area (Å²) in [7, 11) is 1.86. The van der Waals surface area contributed by atoms with Gasteiger partial charge in [-0.25, -0.2) is 4.68 Å². The van der Waals surface area contributed by atoms with E-state index in [4.69, 9.17) is 11.6 Å². The number of likely N-dealkylation sites (N-methyl/N-ethyl adjacent to an activating group) is 1. The fourth-order valence-electron chi connectivity index (χ4n) is 1.54. The van der Waals surface area contributed by atoms with E-state index in [1.807, 2.05) is 19.2 Å². The highest BCUT2D eigenvalue weighted by Gasteiger charge is 2.10. The van der Waals surface area contributed by atoms with E-state index in [1.54, 1.807) is 16.8 Å². The van der Waals surface area contributed by atoms with Crippen LogP contribution in [-0.2, 0) is 11.3 Å². The second-order valence-corrected chi connectivity index (χ2v) is 5.45. The zero-order chi connectivity index (χ0) is 15.1. The molecule has 1 amide bonds.